The Labute approximate surface area is 110 Å². The standard InChI is InChI=1S/C13H18BrFN2/c1-2-17-7-5-11(6-8-17)16-13-4-3-10(14)9-12(13)15/h3-4,9,11,16H,2,5-8H2,1H3. The molecule has 2 rings (SSSR count). The number of nitrogens with one attached hydrogen (secondary N) is 1. The molecular weight excluding hydrogens is 283 g/mol. The monoisotopic (exact) mass is 300 g/mol. The minimum absolute atomic E-state index is 0.183. The van der Waals surface area contributed by atoms with E-state index in [2.05, 4.69) is 33.1 Å². The van der Waals surface area contributed by atoms with Crippen LogP contribution in [-0.2, 0) is 0 Å². The van der Waals surface area contributed by atoms with Gasteiger partial charge in [0.15, 0.2) is 0 Å². The van der Waals surface area contributed by atoms with Gasteiger partial charge in [0.25, 0.3) is 0 Å². The van der Waals surface area contributed by atoms with Crippen molar-refractivity contribution >= 4 is 21.6 Å². The van der Waals surface area contributed by atoms with E-state index in [1.54, 1.807) is 6.07 Å². The highest BCUT2D eigenvalue weighted by Gasteiger charge is 2.18. The molecule has 94 valence electrons. The number of hydrogen-bond acceptors (Lipinski definition) is 2. The van der Waals surface area contributed by atoms with Crippen molar-refractivity contribution in [3.8, 4) is 0 Å². The van der Waals surface area contributed by atoms with E-state index in [-0.39, 0.29) is 5.82 Å². The molecule has 0 spiro atoms. The fourth-order valence-corrected chi connectivity index (χ4v) is 2.55. The molecule has 2 nitrogen and oxygen atoms in total. The van der Waals surface area contributed by atoms with Gasteiger partial charge in [0, 0.05) is 23.6 Å². The molecular formula is C13H18BrFN2. The summed E-state index contributed by atoms with van der Waals surface area (Å²) in [6.07, 6.45) is 2.17. The van der Waals surface area contributed by atoms with Crippen LogP contribution in [0.5, 0.6) is 0 Å². The maximum Gasteiger partial charge on any atom is 0.147 e. The van der Waals surface area contributed by atoms with Crippen molar-refractivity contribution < 1.29 is 4.39 Å². The Hall–Kier alpha value is -0.610. The first kappa shape index (κ1) is 12.8. The summed E-state index contributed by atoms with van der Waals surface area (Å²) in [4.78, 5) is 2.43. The van der Waals surface area contributed by atoms with Crippen LogP contribution in [0.4, 0.5) is 10.1 Å². The number of anilines is 1. The van der Waals surface area contributed by atoms with Gasteiger partial charge >= 0.3 is 0 Å². The van der Waals surface area contributed by atoms with Crippen molar-refractivity contribution in [2.75, 3.05) is 25.0 Å². The zero-order chi connectivity index (χ0) is 12.3. The minimum atomic E-state index is -0.183. The van der Waals surface area contributed by atoms with Crippen LogP contribution in [0.1, 0.15) is 19.8 Å². The summed E-state index contributed by atoms with van der Waals surface area (Å²) in [5.41, 5.74) is 0.614. The molecule has 1 heterocycles. The second-order valence-electron chi connectivity index (χ2n) is 4.48. The molecule has 0 atom stereocenters. The summed E-state index contributed by atoms with van der Waals surface area (Å²) >= 11 is 3.26. The third kappa shape index (κ3) is 3.42. The second kappa shape index (κ2) is 5.83. The number of benzene rings is 1. The average molecular weight is 301 g/mol. The highest BCUT2D eigenvalue weighted by atomic mass is 79.9. The fourth-order valence-electron chi connectivity index (χ4n) is 2.22. The third-order valence-electron chi connectivity index (χ3n) is 3.33. The first-order valence-electron chi connectivity index (χ1n) is 6.13. The van der Waals surface area contributed by atoms with Gasteiger partial charge in [0.2, 0.25) is 0 Å². The lowest BCUT2D eigenvalue weighted by atomic mass is 10.0. The summed E-state index contributed by atoms with van der Waals surface area (Å²) in [5.74, 6) is -0.183. The Morgan fingerprint density at radius 1 is 1.41 bits per heavy atom. The van der Waals surface area contributed by atoms with Crippen molar-refractivity contribution in [1.29, 1.82) is 0 Å². The average Bonchev–Trinajstić information content (AvgIpc) is 2.34. The number of likely N-dealkylation sites (tertiary alicyclic amines) is 1. The van der Waals surface area contributed by atoms with E-state index in [0.29, 0.717) is 11.7 Å². The molecule has 0 saturated carbocycles. The summed E-state index contributed by atoms with van der Waals surface area (Å²) in [5, 5.41) is 3.30. The second-order valence-corrected chi connectivity index (χ2v) is 5.39. The number of halogens is 2. The van der Waals surface area contributed by atoms with Crippen LogP contribution < -0.4 is 5.32 Å². The molecule has 1 aliphatic rings. The molecule has 0 unspecified atom stereocenters. The molecule has 1 aromatic rings. The van der Waals surface area contributed by atoms with Gasteiger partial charge in [-0.1, -0.05) is 22.9 Å². The van der Waals surface area contributed by atoms with E-state index in [1.165, 1.54) is 6.07 Å². The largest absolute Gasteiger partial charge is 0.380 e. The zero-order valence-electron chi connectivity index (χ0n) is 10.0. The van der Waals surface area contributed by atoms with Crippen molar-refractivity contribution in [2.45, 2.75) is 25.8 Å². The van der Waals surface area contributed by atoms with E-state index < -0.39 is 0 Å². The van der Waals surface area contributed by atoms with Gasteiger partial charge in [0.05, 0.1) is 5.69 Å². The Morgan fingerprint density at radius 3 is 2.71 bits per heavy atom. The predicted octanol–water partition coefficient (Wildman–Crippen LogP) is 3.48. The minimum Gasteiger partial charge on any atom is -0.380 e. The number of piperidine rings is 1. The molecule has 0 bridgehead atoms. The van der Waals surface area contributed by atoms with Crippen LogP contribution in [-0.4, -0.2) is 30.6 Å². The number of nitrogens with zero attached hydrogens (tertiary/aromatic N) is 1. The predicted molar refractivity (Wildman–Crippen MR) is 72.9 cm³/mol. The first-order chi connectivity index (χ1) is 8.19. The van der Waals surface area contributed by atoms with Gasteiger partial charge in [-0.2, -0.15) is 0 Å². The quantitative estimate of drug-likeness (QED) is 0.919. The molecule has 0 amide bonds. The molecule has 17 heavy (non-hydrogen) atoms. The van der Waals surface area contributed by atoms with Crippen LogP contribution in [0.25, 0.3) is 0 Å². The lowest BCUT2D eigenvalue weighted by Crippen LogP contribution is -2.38. The maximum absolute atomic E-state index is 13.6. The van der Waals surface area contributed by atoms with Crippen molar-refractivity contribution in [3.05, 3.63) is 28.5 Å². The van der Waals surface area contributed by atoms with Crippen LogP contribution in [0, 0.1) is 5.82 Å². The highest BCUT2D eigenvalue weighted by molar-refractivity contribution is 9.10. The summed E-state index contributed by atoms with van der Waals surface area (Å²) < 4.78 is 14.4. The molecule has 1 N–H and O–H groups in total. The van der Waals surface area contributed by atoms with E-state index in [9.17, 15) is 4.39 Å². The van der Waals surface area contributed by atoms with E-state index in [0.717, 1.165) is 36.9 Å². The Bertz CT molecular complexity index is 376. The van der Waals surface area contributed by atoms with E-state index in [4.69, 9.17) is 0 Å². The fraction of sp³-hybridized carbons (Fsp3) is 0.538. The molecule has 1 aromatic carbocycles. The number of hydrogen-bond donors (Lipinski definition) is 1. The van der Waals surface area contributed by atoms with Crippen LogP contribution in [0.15, 0.2) is 22.7 Å². The van der Waals surface area contributed by atoms with Crippen LogP contribution in [0.2, 0.25) is 0 Å². The Kier molecular flexibility index (Phi) is 4.40. The smallest absolute Gasteiger partial charge is 0.147 e. The van der Waals surface area contributed by atoms with Gasteiger partial charge in [-0.15, -0.1) is 0 Å². The van der Waals surface area contributed by atoms with Crippen LogP contribution >= 0.6 is 15.9 Å². The molecule has 1 fully saturated rings. The summed E-state index contributed by atoms with van der Waals surface area (Å²) in [6, 6.07) is 5.57. The van der Waals surface area contributed by atoms with Gasteiger partial charge < -0.3 is 10.2 Å². The molecule has 0 radical (unpaired) electrons. The van der Waals surface area contributed by atoms with Crippen molar-refractivity contribution in [2.24, 2.45) is 0 Å². The first-order valence-corrected chi connectivity index (χ1v) is 6.92. The zero-order valence-corrected chi connectivity index (χ0v) is 11.6. The lowest BCUT2D eigenvalue weighted by Gasteiger charge is -2.32. The SMILES string of the molecule is CCN1CCC(Nc2ccc(Br)cc2F)CC1. The van der Waals surface area contributed by atoms with Gasteiger partial charge in [0.1, 0.15) is 5.82 Å². The van der Waals surface area contributed by atoms with Crippen LogP contribution in [0.3, 0.4) is 0 Å². The normalized spacial score (nSPS) is 18.3. The maximum atomic E-state index is 13.6. The Morgan fingerprint density at radius 2 is 2.12 bits per heavy atom. The molecule has 4 heteroatoms. The van der Waals surface area contributed by atoms with Crippen molar-refractivity contribution in [1.82, 2.24) is 4.90 Å². The van der Waals surface area contributed by atoms with Crippen molar-refractivity contribution in [3.63, 3.8) is 0 Å². The summed E-state index contributed by atoms with van der Waals surface area (Å²) in [6.45, 7) is 5.50. The Balaban J connectivity index is 1.93. The molecule has 1 aliphatic heterocycles. The van der Waals surface area contributed by atoms with Gasteiger partial charge in [-0.3, -0.25) is 0 Å². The van der Waals surface area contributed by atoms with E-state index >= 15 is 0 Å². The topological polar surface area (TPSA) is 15.3 Å². The highest BCUT2D eigenvalue weighted by Crippen LogP contribution is 2.22. The third-order valence-corrected chi connectivity index (χ3v) is 3.82. The lowest BCUT2D eigenvalue weighted by molar-refractivity contribution is 0.229. The molecule has 0 aliphatic carbocycles. The molecule has 1 saturated heterocycles. The molecule has 0 aromatic heterocycles. The summed E-state index contributed by atoms with van der Waals surface area (Å²) in [7, 11) is 0. The number of rotatable bonds is 3. The van der Waals surface area contributed by atoms with Gasteiger partial charge in [-0.25, -0.2) is 4.39 Å². The van der Waals surface area contributed by atoms with Gasteiger partial charge in [-0.05, 0) is 37.6 Å². The van der Waals surface area contributed by atoms with E-state index in [1.807, 2.05) is 6.07 Å².